The van der Waals surface area contributed by atoms with E-state index >= 15 is 0 Å². The van der Waals surface area contributed by atoms with E-state index in [9.17, 15) is 0 Å². The number of benzene rings is 1. The lowest BCUT2D eigenvalue weighted by Crippen LogP contribution is -1.81. The number of ether oxygens (including phenoxy) is 1. The molecule has 1 fully saturated rings. The van der Waals surface area contributed by atoms with Crippen LogP contribution < -0.4 is 0 Å². The molecular weight excluding hydrogens is 160 g/mol. The van der Waals surface area contributed by atoms with Crippen molar-refractivity contribution >= 4 is 11.6 Å². The van der Waals surface area contributed by atoms with Gasteiger partial charge in [0.25, 0.3) is 0 Å². The summed E-state index contributed by atoms with van der Waals surface area (Å²) in [4.78, 5) is 0. The van der Waals surface area contributed by atoms with Crippen LogP contribution in [0.1, 0.15) is 18.6 Å². The van der Waals surface area contributed by atoms with Gasteiger partial charge in [-0.1, -0.05) is 23.7 Å². The zero-order valence-electron chi connectivity index (χ0n) is 6.25. The standard InChI is InChI=1S/C9H9ClO/c1-6-9(11-6)7-3-2-4-8(10)5-7/h2-6,9H,1H3/t6-,9-/m0/s1. The van der Waals surface area contributed by atoms with Gasteiger partial charge in [-0.05, 0) is 24.6 Å². The van der Waals surface area contributed by atoms with Crippen LogP contribution in [0.25, 0.3) is 0 Å². The molecule has 58 valence electrons. The Kier molecular flexibility index (Phi) is 1.63. The van der Waals surface area contributed by atoms with Crippen LogP contribution in [0.5, 0.6) is 0 Å². The first-order valence-corrected chi connectivity index (χ1v) is 4.06. The van der Waals surface area contributed by atoms with Crippen molar-refractivity contribution in [3.8, 4) is 0 Å². The molecule has 11 heavy (non-hydrogen) atoms. The minimum atomic E-state index is 0.286. The zero-order valence-corrected chi connectivity index (χ0v) is 7.01. The fourth-order valence-electron chi connectivity index (χ4n) is 1.22. The molecule has 1 aliphatic rings. The Morgan fingerprint density at radius 1 is 1.45 bits per heavy atom. The van der Waals surface area contributed by atoms with Crippen LogP contribution in [0.2, 0.25) is 5.02 Å². The molecule has 1 aliphatic heterocycles. The highest BCUT2D eigenvalue weighted by atomic mass is 35.5. The van der Waals surface area contributed by atoms with Crippen molar-refractivity contribution in [3.63, 3.8) is 0 Å². The highest BCUT2D eigenvalue weighted by molar-refractivity contribution is 6.30. The molecule has 0 spiro atoms. The largest absolute Gasteiger partial charge is 0.365 e. The predicted molar refractivity (Wildman–Crippen MR) is 44.7 cm³/mol. The molecule has 2 heteroatoms. The Balaban J connectivity index is 2.25. The number of hydrogen-bond acceptors (Lipinski definition) is 1. The SMILES string of the molecule is C[C@@H]1O[C@@H]1c1cccc(Cl)c1. The number of epoxide rings is 1. The van der Waals surface area contributed by atoms with Crippen LogP contribution in [-0.2, 0) is 4.74 Å². The van der Waals surface area contributed by atoms with Gasteiger partial charge in [0.15, 0.2) is 0 Å². The Labute approximate surface area is 70.9 Å². The van der Waals surface area contributed by atoms with Gasteiger partial charge in [-0.25, -0.2) is 0 Å². The van der Waals surface area contributed by atoms with Gasteiger partial charge >= 0.3 is 0 Å². The number of rotatable bonds is 1. The second kappa shape index (κ2) is 2.50. The lowest BCUT2D eigenvalue weighted by atomic mass is 10.1. The quantitative estimate of drug-likeness (QED) is 0.588. The molecule has 0 bridgehead atoms. The predicted octanol–water partition coefficient (Wildman–Crippen LogP) is 2.80. The molecule has 1 aromatic rings. The Morgan fingerprint density at radius 2 is 2.18 bits per heavy atom. The molecule has 0 saturated carbocycles. The average molecular weight is 169 g/mol. The van der Waals surface area contributed by atoms with Crippen molar-refractivity contribution in [3.05, 3.63) is 34.9 Å². The summed E-state index contributed by atoms with van der Waals surface area (Å²) in [5.41, 5.74) is 1.19. The van der Waals surface area contributed by atoms with E-state index in [1.165, 1.54) is 5.56 Å². The Morgan fingerprint density at radius 3 is 2.73 bits per heavy atom. The summed E-state index contributed by atoms with van der Waals surface area (Å²) in [6.07, 6.45) is 0.655. The lowest BCUT2D eigenvalue weighted by Gasteiger charge is -1.94. The van der Waals surface area contributed by atoms with Crippen molar-refractivity contribution < 1.29 is 4.74 Å². The van der Waals surface area contributed by atoms with Crippen LogP contribution in [-0.4, -0.2) is 6.10 Å². The van der Waals surface area contributed by atoms with Crippen molar-refractivity contribution in [2.75, 3.05) is 0 Å². The smallest absolute Gasteiger partial charge is 0.109 e. The molecule has 1 saturated heterocycles. The fraction of sp³-hybridized carbons (Fsp3) is 0.333. The second-order valence-electron chi connectivity index (χ2n) is 2.82. The number of hydrogen-bond donors (Lipinski definition) is 0. The van der Waals surface area contributed by atoms with Crippen molar-refractivity contribution in [2.45, 2.75) is 19.1 Å². The highest BCUT2D eigenvalue weighted by Gasteiger charge is 2.35. The minimum Gasteiger partial charge on any atom is -0.365 e. The third-order valence-corrected chi connectivity index (χ3v) is 2.12. The summed E-state index contributed by atoms with van der Waals surface area (Å²) < 4.78 is 5.30. The third kappa shape index (κ3) is 1.39. The first kappa shape index (κ1) is 7.14. The molecule has 2 rings (SSSR count). The van der Waals surface area contributed by atoms with Gasteiger partial charge in [0.2, 0.25) is 0 Å². The summed E-state index contributed by atoms with van der Waals surface area (Å²) in [7, 11) is 0. The Hall–Kier alpha value is -0.530. The zero-order chi connectivity index (χ0) is 7.84. The molecular formula is C9H9ClO. The van der Waals surface area contributed by atoms with Gasteiger partial charge in [0, 0.05) is 5.02 Å². The maximum Gasteiger partial charge on any atom is 0.109 e. The third-order valence-electron chi connectivity index (χ3n) is 1.89. The molecule has 2 atom stereocenters. The molecule has 0 aliphatic carbocycles. The van der Waals surface area contributed by atoms with Gasteiger partial charge in [-0.15, -0.1) is 0 Å². The molecule has 0 aromatic heterocycles. The highest BCUT2D eigenvalue weighted by Crippen LogP contribution is 2.38. The van der Waals surface area contributed by atoms with E-state index in [0.29, 0.717) is 6.10 Å². The summed E-state index contributed by atoms with van der Waals surface area (Å²) >= 11 is 5.81. The van der Waals surface area contributed by atoms with E-state index in [0.717, 1.165) is 5.02 Å². The molecule has 0 amide bonds. The molecule has 0 N–H and O–H groups in total. The summed E-state index contributed by atoms with van der Waals surface area (Å²) in [5, 5.41) is 0.783. The van der Waals surface area contributed by atoms with Crippen LogP contribution in [0.4, 0.5) is 0 Å². The molecule has 1 nitrogen and oxygen atoms in total. The number of halogens is 1. The minimum absolute atomic E-state index is 0.286. The summed E-state index contributed by atoms with van der Waals surface area (Å²) in [6, 6.07) is 7.82. The van der Waals surface area contributed by atoms with E-state index < -0.39 is 0 Å². The second-order valence-corrected chi connectivity index (χ2v) is 3.25. The van der Waals surface area contributed by atoms with E-state index in [2.05, 4.69) is 6.92 Å². The summed E-state index contributed by atoms with van der Waals surface area (Å²) in [6.45, 7) is 2.06. The van der Waals surface area contributed by atoms with E-state index in [-0.39, 0.29) is 6.10 Å². The first-order chi connectivity index (χ1) is 5.27. The van der Waals surface area contributed by atoms with Crippen molar-refractivity contribution in [1.29, 1.82) is 0 Å². The summed E-state index contributed by atoms with van der Waals surface area (Å²) in [5.74, 6) is 0. The van der Waals surface area contributed by atoms with Crippen LogP contribution >= 0.6 is 11.6 Å². The van der Waals surface area contributed by atoms with Gasteiger partial charge in [-0.3, -0.25) is 0 Å². The lowest BCUT2D eigenvalue weighted by molar-refractivity contribution is 0.383. The first-order valence-electron chi connectivity index (χ1n) is 3.68. The molecule has 0 unspecified atom stereocenters. The van der Waals surface area contributed by atoms with Gasteiger partial charge < -0.3 is 4.74 Å². The van der Waals surface area contributed by atoms with Gasteiger partial charge in [-0.2, -0.15) is 0 Å². The van der Waals surface area contributed by atoms with Crippen molar-refractivity contribution in [1.82, 2.24) is 0 Å². The Bertz CT molecular complexity index is 272. The maximum atomic E-state index is 5.81. The van der Waals surface area contributed by atoms with E-state index in [4.69, 9.17) is 16.3 Å². The molecule has 1 aromatic carbocycles. The topological polar surface area (TPSA) is 12.5 Å². The van der Waals surface area contributed by atoms with Crippen molar-refractivity contribution in [2.24, 2.45) is 0 Å². The maximum absolute atomic E-state index is 5.81. The van der Waals surface area contributed by atoms with Crippen LogP contribution in [0.3, 0.4) is 0 Å². The van der Waals surface area contributed by atoms with E-state index in [1.54, 1.807) is 0 Å². The van der Waals surface area contributed by atoms with E-state index in [1.807, 2.05) is 24.3 Å². The normalized spacial score (nSPS) is 28.5. The van der Waals surface area contributed by atoms with Gasteiger partial charge in [0.05, 0.1) is 6.10 Å². The molecule has 1 heterocycles. The average Bonchev–Trinajstić information content (AvgIpc) is 2.67. The van der Waals surface area contributed by atoms with Crippen LogP contribution in [0, 0.1) is 0 Å². The monoisotopic (exact) mass is 168 g/mol. The van der Waals surface area contributed by atoms with Gasteiger partial charge in [0.1, 0.15) is 6.10 Å². The van der Waals surface area contributed by atoms with Crippen LogP contribution in [0.15, 0.2) is 24.3 Å². The molecule has 0 radical (unpaired) electrons. The fourth-order valence-corrected chi connectivity index (χ4v) is 1.42.